The van der Waals surface area contributed by atoms with Gasteiger partial charge in [0.15, 0.2) is 0 Å². The number of hydrogen-bond donors (Lipinski definition) is 0. The first-order valence-electron chi connectivity index (χ1n) is 19.4. The molecule has 0 aromatic heterocycles. The number of benzene rings is 1. The SMILES string of the molecule is C[C-]1C2=C3Cc4ccccc4C3=C3C=CCCC3C2(C)C(C)(C)C(C)(C)C1(C)C.C[C](C)=[Zr+2].[Cl-].[Cl-].c1cc(C23CC4CC(CC(C4)C2)C3)c[cH-]1. The minimum atomic E-state index is 0. The predicted octanol–water partition coefficient (Wildman–Crippen LogP) is 6.59. The van der Waals surface area contributed by atoms with Crippen molar-refractivity contribution >= 4 is 8.78 Å². The Hall–Kier alpha value is -1.01. The van der Waals surface area contributed by atoms with Crippen LogP contribution in [0.2, 0.25) is 0 Å². The normalized spacial score (nSPS) is 34.0. The zero-order valence-corrected chi connectivity index (χ0v) is 36.7. The third-order valence-electron chi connectivity index (χ3n) is 16.1. The van der Waals surface area contributed by atoms with E-state index in [1.807, 2.05) is 0 Å². The fourth-order valence-corrected chi connectivity index (χ4v) is 12.8. The second-order valence-electron chi connectivity index (χ2n) is 19.1. The molecule has 2 atom stereocenters. The Morgan fingerprint density at radius 2 is 1.42 bits per heavy atom. The average molecular weight is 789 g/mol. The average Bonchev–Trinajstić information content (AvgIpc) is 3.69. The minimum Gasteiger partial charge on any atom is -1.00 e. The van der Waals surface area contributed by atoms with Crippen LogP contribution in [-0.4, -0.2) is 3.21 Å². The first-order chi connectivity index (χ1) is 22.5. The standard InChI is InChI=1S/C29H37.C15H19.C3H6.2ClH.Zr/c1-18-25-22-17-19-13-9-10-14-20(19)24(22)21-15-11-12-16-23(21)29(25,8)28(6,7)27(4,5)26(18,2)3;1-2-4-14(3-1)15-8-11-5-12(9-15)7-13(6-11)10-15;1-3-2;;;/h9-11,13-15,23H,12,16-17H2,1-8H3;1-4,11-13H,5-10H2;1-2H3;2*1H;/q2*-1;;;;+2/p-2. The largest absolute Gasteiger partial charge is 1.00 e. The summed E-state index contributed by atoms with van der Waals surface area (Å²) in [6.45, 7) is 24.5. The van der Waals surface area contributed by atoms with Gasteiger partial charge in [0.05, 0.1) is 0 Å². The van der Waals surface area contributed by atoms with Crippen LogP contribution in [0, 0.1) is 51.2 Å². The van der Waals surface area contributed by atoms with Gasteiger partial charge in [0, 0.05) is 0 Å². The van der Waals surface area contributed by atoms with Crippen LogP contribution in [0.3, 0.4) is 0 Å². The Kier molecular flexibility index (Phi) is 11.3. The van der Waals surface area contributed by atoms with Gasteiger partial charge >= 0.3 is 41.3 Å². The Bertz CT molecular complexity index is 1640. The molecule has 2 unspecified atom stereocenters. The van der Waals surface area contributed by atoms with Gasteiger partial charge in [-0.25, -0.2) is 12.0 Å². The van der Waals surface area contributed by atoms with Crippen molar-refractivity contribution in [2.75, 3.05) is 0 Å². The zero-order valence-electron chi connectivity index (χ0n) is 32.7. The van der Waals surface area contributed by atoms with E-state index in [0.29, 0.717) is 11.3 Å². The molecule has 50 heavy (non-hydrogen) atoms. The van der Waals surface area contributed by atoms with Crippen molar-refractivity contribution in [3.63, 3.8) is 0 Å². The van der Waals surface area contributed by atoms with Crippen LogP contribution in [0.25, 0.3) is 5.57 Å². The molecule has 8 aliphatic carbocycles. The molecular weight excluding hydrogens is 727 g/mol. The number of rotatable bonds is 1. The summed E-state index contributed by atoms with van der Waals surface area (Å²) in [6.07, 6.45) is 17.7. The van der Waals surface area contributed by atoms with E-state index in [-0.39, 0.29) is 46.5 Å². The maximum absolute atomic E-state index is 2.62. The molecule has 10 rings (SSSR count). The second kappa shape index (κ2) is 14.0. The Morgan fingerprint density at radius 3 is 1.98 bits per heavy atom. The quantitative estimate of drug-likeness (QED) is 0.287. The van der Waals surface area contributed by atoms with Gasteiger partial charge in [-0.15, -0.1) is 6.92 Å². The summed E-state index contributed by atoms with van der Waals surface area (Å²) in [6, 6.07) is 18.4. The fraction of sp³-hybridized carbons (Fsp3) is 0.596. The fourth-order valence-electron chi connectivity index (χ4n) is 12.8. The van der Waals surface area contributed by atoms with Crippen molar-refractivity contribution in [2.24, 2.45) is 45.3 Å². The van der Waals surface area contributed by atoms with Crippen molar-refractivity contribution in [1.82, 2.24) is 0 Å². The van der Waals surface area contributed by atoms with E-state index in [1.54, 1.807) is 77.3 Å². The summed E-state index contributed by atoms with van der Waals surface area (Å²) in [5, 5.41) is 0. The van der Waals surface area contributed by atoms with E-state index in [0.717, 1.165) is 24.2 Å². The van der Waals surface area contributed by atoms with Gasteiger partial charge in [-0.05, 0) is 77.6 Å². The van der Waals surface area contributed by atoms with Crippen molar-refractivity contribution in [1.29, 1.82) is 0 Å². The Balaban J connectivity index is 0.000000194. The molecule has 0 N–H and O–H groups in total. The van der Waals surface area contributed by atoms with Crippen LogP contribution in [0.15, 0.2) is 77.4 Å². The summed E-state index contributed by atoms with van der Waals surface area (Å²) < 4.78 is 1.51. The maximum Gasteiger partial charge on any atom is -0.0411 e. The van der Waals surface area contributed by atoms with E-state index in [1.165, 1.54) is 46.4 Å². The van der Waals surface area contributed by atoms with E-state index >= 15 is 0 Å². The molecule has 2 aromatic carbocycles. The smallest absolute Gasteiger partial charge is 0.0411 e. The van der Waals surface area contributed by atoms with Gasteiger partial charge < -0.3 is 24.8 Å². The summed E-state index contributed by atoms with van der Waals surface area (Å²) in [5.41, 5.74) is 12.6. The molecule has 2 aromatic rings. The van der Waals surface area contributed by atoms with E-state index in [2.05, 4.69) is 130 Å². The molecule has 5 saturated carbocycles. The summed E-state index contributed by atoms with van der Waals surface area (Å²) >= 11 is 1.55. The van der Waals surface area contributed by atoms with Gasteiger partial charge in [0.1, 0.15) is 0 Å². The maximum atomic E-state index is 2.62. The summed E-state index contributed by atoms with van der Waals surface area (Å²) in [4.78, 5) is 0. The number of hydrogen-bond acceptors (Lipinski definition) is 0. The third-order valence-corrected chi connectivity index (χ3v) is 16.1. The topological polar surface area (TPSA) is 0 Å². The first-order valence-corrected chi connectivity index (χ1v) is 20.6. The molecule has 0 radical (unpaired) electrons. The summed E-state index contributed by atoms with van der Waals surface area (Å²) in [7, 11) is 0. The molecule has 0 nitrogen and oxygen atoms in total. The molecule has 0 heterocycles. The number of allylic oxidation sites excluding steroid dienone is 6. The van der Waals surface area contributed by atoms with Gasteiger partial charge in [-0.1, -0.05) is 138 Å². The Labute approximate surface area is 333 Å². The third kappa shape index (κ3) is 5.88. The second-order valence-corrected chi connectivity index (χ2v) is 21.6. The molecule has 5 fully saturated rings. The monoisotopic (exact) mass is 786 g/mol. The summed E-state index contributed by atoms with van der Waals surface area (Å²) in [5.74, 6) is 5.47. The van der Waals surface area contributed by atoms with Crippen LogP contribution >= 0.6 is 0 Å². The van der Waals surface area contributed by atoms with Gasteiger partial charge in [-0.3, -0.25) is 0 Å². The molecule has 0 spiro atoms. The molecule has 8 aliphatic rings. The molecule has 3 heteroatoms. The molecule has 270 valence electrons. The first kappa shape index (κ1) is 40.2. The van der Waals surface area contributed by atoms with Crippen molar-refractivity contribution in [3.8, 4) is 0 Å². The van der Waals surface area contributed by atoms with Crippen LogP contribution in [0.4, 0.5) is 0 Å². The van der Waals surface area contributed by atoms with Crippen LogP contribution in [-0.2, 0) is 36.1 Å². The van der Waals surface area contributed by atoms with Gasteiger partial charge in [0.25, 0.3) is 0 Å². The van der Waals surface area contributed by atoms with E-state index in [4.69, 9.17) is 0 Å². The Morgan fingerprint density at radius 1 is 0.840 bits per heavy atom. The molecule has 0 amide bonds. The minimum absolute atomic E-state index is 0. The molecule has 0 aliphatic heterocycles. The van der Waals surface area contributed by atoms with Gasteiger partial charge in [0.2, 0.25) is 0 Å². The van der Waals surface area contributed by atoms with Crippen LogP contribution in [0.1, 0.15) is 137 Å². The van der Waals surface area contributed by atoms with Gasteiger partial charge in [-0.2, -0.15) is 34.9 Å². The predicted molar refractivity (Wildman–Crippen MR) is 203 cm³/mol. The van der Waals surface area contributed by atoms with Crippen molar-refractivity contribution in [3.05, 3.63) is 100 Å². The molecule has 0 saturated heterocycles. The van der Waals surface area contributed by atoms with Crippen LogP contribution < -0.4 is 24.8 Å². The number of halogens is 2. The van der Waals surface area contributed by atoms with Crippen molar-refractivity contribution < 1.29 is 49.0 Å². The molecule has 4 bridgehead atoms. The van der Waals surface area contributed by atoms with Crippen molar-refractivity contribution in [2.45, 2.75) is 132 Å². The van der Waals surface area contributed by atoms with E-state index < -0.39 is 0 Å². The van der Waals surface area contributed by atoms with E-state index in [9.17, 15) is 0 Å². The zero-order chi connectivity index (χ0) is 34.4. The van der Waals surface area contributed by atoms with Crippen LogP contribution in [0.5, 0.6) is 0 Å². The molecular formula is C47H62Cl2Zr-2. The number of fused-ring (bicyclic) bond motifs is 6.